The predicted molar refractivity (Wildman–Crippen MR) is 179 cm³/mol. The van der Waals surface area contributed by atoms with Crippen molar-refractivity contribution < 1.29 is 28.1 Å². The van der Waals surface area contributed by atoms with Crippen molar-refractivity contribution in [2.45, 2.75) is 104 Å². The van der Waals surface area contributed by atoms with Gasteiger partial charge in [-0.05, 0) is 39.7 Å². The molecule has 1 unspecified atom stereocenters. The summed E-state index contributed by atoms with van der Waals surface area (Å²) in [7, 11) is -1.72. The van der Waals surface area contributed by atoms with Crippen LogP contribution in [0.5, 0.6) is 0 Å². The first-order chi connectivity index (χ1) is 22.9. The minimum atomic E-state index is -1.72. The first-order valence-electron chi connectivity index (χ1n) is 16.1. The summed E-state index contributed by atoms with van der Waals surface area (Å²) in [6.07, 6.45) is -0.860. The molecule has 0 saturated carbocycles. The van der Waals surface area contributed by atoms with E-state index in [4.69, 9.17) is 18.5 Å². The van der Waals surface area contributed by atoms with E-state index in [1.54, 1.807) is 18.4 Å². The number of hydrogen-bond acceptors (Lipinski definition) is 11. The molecule has 260 valence electrons. The molecular weight excluding hydrogens is 639 g/mol. The lowest BCUT2D eigenvalue weighted by Gasteiger charge is -2.38. The van der Waals surface area contributed by atoms with Crippen LogP contribution in [0.4, 0.5) is 10.7 Å². The number of H-pyrrole nitrogens is 1. The van der Waals surface area contributed by atoms with Crippen LogP contribution in [0, 0.1) is 17.2 Å². The zero-order valence-corrected chi connectivity index (χ0v) is 29.3. The molecule has 1 saturated heterocycles. The van der Waals surface area contributed by atoms with Gasteiger partial charge in [-0.3, -0.25) is 24.5 Å². The molecule has 1 fully saturated rings. The number of carbonyl (C=O) groups is 2. The first-order valence-corrected chi connectivity index (χ1v) is 17.2. The molecule has 0 spiro atoms. The highest BCUT2D eigenvalue weighted by molar-refractivity contribution is 7.44. The monoisotopic (exact) mass is 684 g/mol. The van der Waals surface area contributed by atoms with Gasteiger partial charge in [0.25, 0.3) is 14.1 Å². The number of rotatable bonds is 15. The van der Waals surface area contributed by atoms with Crippen LogP contribution in [-0.4, -0.2) is 73.1 Å². The Hall–Kier alpha value is -3.93. The molecule has 1 aliphatic rings. The van der Waals surface area contributed by atoms with Crippen LogP contribution in [-0.2, 0) is 29.9 Å². The van der Waals surface area contributed by atoms with E-state index < -0.39 is 44.7 Å². The Balaban J connectivity index is 1.74. The van der Waals surface area contributed by atoms with Crippen LogP contribution in [0.2, 0.25) is 0 Å². The van der Waals surface area contributed by atoms with Gasteiger partial charge in [-0.2, -0.15) is 10.2 Å². The zero-order chi connectivity index (χ0) is 35.0. The number of imidazole rings is 1. The fraction of sp³-hybridized carbons (Fsp3) is 0.562. The summed E-state index contributed by atoms with van der Waals surface area (Å²) in [5.74, 6) is -0.726. The highest BCUT2D eigenvalue weighted by atomic mass is 31.2. The first kappa shape index (κ1) is 36.9. The molecule has 3 aromatic rings. The molecule has 16 heteroatoms. The molecule has 4 rings (SSSR count). The van der Waals surface area contributed by atoms with Gasteiger partial charge in [-0.25, -0.2) is 14.4 Å². The topological polar surface area (TPSA) is 186 Å². The van der Waals surface area contributed by atoms with Gasteiger partial charge >= 0.3 is 6.09 Å². The second kappa shape index (κ2) is 16.9. The lowest BCUT2D eigenvalue weighted by Crippen LogP contribution is -2.48. The number of nitrogens with one attached hydrogen (secondary N) is 3. The Morgan fingerprint density at radius 1 is 1.17 bits per heavy atom. The van der Waals surface area contributed by atoms with E-state index in [0.717, 1.165) is 5.56 Å². The summed E-state index contributed by atoms with van der Waals surface area (Å²) < 4.78 is 28.8. The standard InChI is InChI=1S/C32H45N8O7P/c1-8-23-26(47-48(45-16-12-15-33)40(20(4)5)21(6)7)24(35-32(43)44-17-22-13-10-9-11-14-22)30(46-23)39-18-34-25-27(39)36-31(38-29(25)42)37-28(41)19(2)3/h9-11,13-14,18-21,23-24,26,30H,8,12,16-17H2,1-7H3,(H,35,43)(H2,36,37,38,41,42)/t23-,24-,26-,30-,48?/m1/s1. The maximum atomic E-state index is 13.4. The van der Waals surface area contributed by atoms with E-state index in [1.807, 2.05) is 65.0 Å². The quantitative estimate of drug-likeness (QED) is 0.145. The predicted octanol–water partition coefficient (Wildman–Crippen LogP) is 4.98. The third-order valence-electron chi connectivity index (χ3n) is 7.59. The summed E-state index contributed by atoms with van der Waals surface area (Å²) in [5.41, 5.74) is 0.421. The molecule has 2 aromatic heterocycles. The largest absolute Gasteiger partial charge is 0.445 e. The highest BCUT2D eigenvalue weighted by Gasteiger charge is 2.49. The number of alkyl carbamates (subject to hydrolysis) is 1. The number of ether oxygens (including phenoxy) is 2. The number of aromatic amines is 1. The summed E-state index contributed by atoms with van der Waals surface area (Å²) >= 11 is 0. The molecule has 15 nitrogen and oxygen atoms in total. The van der Waals surface area contributed by atoms with E-state index in [2.05, 4.69) is 36.3 Å². The summed E-state index contributed by atoms with van der Waals surface area (Å²) in [6, 6.07) is 10.6. The average Bonchev–Trinajstić information content (AvgIpc) is 3.61. The Morgan fingerprint density at radius 3 is 2.50 bits per heavy atom. The van der Waals surface area contributed by atoms with E-state index in [9.17, 15) is 19.6 Å². The molecule has 1 aliphatic heterocycles. The highest BCUT2D eigenvalue weighted by Crippen LogP contribution is 2.50. The van der Waals surface area contributed by atoms with Gasteiger partial charge in [0.1, 0.15) is 18.8 Å². The van der Waals surface area contributed by atoms with Crippen molar-refractivity contribution in [2.24, 2.45) is 5.92 Å². The maximum Gasteiger partial charge on any atom is 0.407 e. The van der Waals surface area contributed by atoms with Crippen molar-refractivity contribution in [1.82, 2.24) is 29.5 Å². The molecule has 3 N–H and O–H groups in total. The molecule has 48 heavy (non-hydrogen) atoms. The SMILES string of the molecule is CC[C@H]1O[C@@H](n2cnc3c(=O)[nH]c(NC(=O)C(C)C)nc32)[C@H](NC(=O)OCc2ccccc2)[C@@H]1OP(OCCC#N)N(C(C)C)C(C)C. The number of fused-ring (bicyclic) bond motifs is 1. The van der Waals surface area contributed by atoms with Crippen molar-refractivity contribution >= 4 is 37.6 Å². The molecule has 0 aliphatic carbocycles. The maximum absolute atomic E-state index is 13.4. The van der Waals surface area contributed by atoms with Crippen molar-refractivity contribution in [1.29, 1.82) is 5.26 Å². The normalized spacial score (nSPS) is 20.0. The van der Waals surface area contributed by atoms with Gasteiger partial charge in [0, 0.05) is 18.0 Å². The van der Waals surface area contributed by atoms with Crippen LogP contribution >= 0.6 is 8.53 Å². The summed E-state index contributed by atoms with van der Waals surface area (Å²) in [6.45, 7) is 13.7. The van der Waals surface area contributed by atoms with Crippen LogP contribution < -0.4 is 16.2 Å². The number of nitrogens with zero attached hydrogens (tertiary/aromatic N) is 5. The number of hydrogen-bond donors (Lipinski definition) is 3. The van der Waals surface area contributed by atoms with E-state index >= 15 is 0 Å². The molecule has 3 heterocycles. The Bertz CT molecular complexity index is 1620. The summed E-state index contributed by atoms with van der Waals surface area (Å²) in [4.78, 5) is 50.1. The van der Waals surface area contributed by atoms with Crippen molar-refractivity contribution in [2.75, 3.05) is 11.9 Å². The van der Waals surface area contributed by atoms with Gasteiger partial charge in [0.2, 0.25) is 11.9 Å². The number of carbonyl (C=O) groups excluding carboxylic acids is 2. The smallest absolute Gasteiger partial charge is 0.407 e. The van der Waals surface area contributed by atoms with Crippen molar-refractivity contribution in [3.8, 4) is 6.07 Å². The minimum absolute atomic E-state index is 0.0249. The average molecular weight is 685 g/mol. The van der Waals surface area contributed by atoms with Gasteiger partial charge in [0.15, 0.2) is 17.4 Å². The van der Waals surface area contributed by atoms with Crippen LogP contribution in [0.3, 0.4) is 0 Å². The fourth-order valence-electron chi connectivity index (χ4n) is 5.32. The molecular formula is C32H45N8O7P. The van der Waals surface area contributed by atoms with Gasteiger partial charge < -0.3 is 23.8 Å². The number of anilines is 1. The van der Waals surface area contributed by atoms with Crippen molar-refractivity contribution in [3.63, 3.8) is 0 Å². The van der Waals surface area contributed by atoms with Crippen LogP contribution in [0.25, 0.3) is 11.2 Å². The number of benzene rings is 1. The van der Waals surface area contributed by atoms with Crippen molar-refractivity contribution in [3.05, 3.63) is 52.6 Å². The minimum Gasteiger partial charge on any atom is -0.445 e. The lowest BCUT2D eigenvalue weighted by atomic mass is 10.1. The fourth-order valence-corrected chi connectivity index (χ4v) is 7.10. The zero-order valence-electron chi connectivity index (χ0n) is 28.4. The Morgan fingerprint density at radius 2 is 1.88 bits per heavy atom. The van der Waals surface area contributed by atoms with Gasteiger partial charge in [-0.15, -0.1) is 0 Å². The second-order valence-corrected chi connectivity index (χ2v) is 13.6. The summed E-state index contributed by atoms with van der Waals surface area (Å²) in [5, 5.41) is 14.8. The number of aromatic nitrogens is 4. The number of amides is 2. The number of nitriles is 1. The molecule has 5 atom stereocenters. The molecule has 0 radical (unpaired) electrons. The third-order valence-corrected chi connectivity index (χ3v) is 9.72. The molecule has 2 amide bonds. The van der Waals surface area contributed by atoms with Crippen LogP contribution in [0.1, 0.15) is 73.1 Å². The second-order valence-electron chi connectivity index (χ2n) is 12.2. The van der Waals surface area contributed by atoms with Gasteiger partial charge in [-0.1, -0.05) is 51.1 Å². The van der Waals surface area contributed by atoms with E-state index in [1.165, 1.54) is 6.33 Å². The van der Waals surface area contributed by atoms with E-state index in [-0.39, 0.29) is 60.7 Å². The van der Waals surface area contributed by atoms with Gasteiger partial charge in [0.05, 0.1) is 31.5 Å². The molecule has 0 bridgehead atoms. The Kier molecular flexibility index (Phi) is 13.0. The lowest BCUT2D eigenvalue weighted by molar-refractivity contribution is -0.118. The molecule has 1 aromatic carbocycles. The van der Waals surface area contributed by atoms with Crippen LogP contribution in [0.15, 0.2) is 41.5 Å². The third kappa shape index (κ3) is 8.94. The van der Waals surface area contributed by atoms with E-state index in [0.29, 0.717) is 6.42 Å². The Labute approximate surface area is 281 Å².